The van der Waals surface area contributed by atoms with Crippen LogP contribution < -0.4 is 0 Å². The van der Waals surface area contributed by atoms with Crippen molar-refractivity contribution in [3.8, 4) is 0 Å². The molecule has 1 fully saturated rings. The highest BCUT2D eigenvalue weighted by Crippen LogP contribution is 2.15. The first kappa shape index (κ1) is 9.21. The Morgan fingerprint density at radius 3 is 2.77 bits per heavy atom. The van der Waals surface area contributed by atoms with E-state index in [0.29, 0.717) is 0 Å². The lowest BCUT2D eigenvalue weighted by molar-refractivity contribution is 0.200. The summed E-state index contributed by atoms with van der Waals surface area (Å²) in [6.07, 6.45) is 5.69. The van der Waals surface area contributed by atoms with E-state index in [-0.39, 0.29) is 0 Å². The Morgan fingerprint density at radius 1 is 1.38 bits per heavy atom. The first-order valence-electron chi connectivity index (χ1n) is 4.67. The lowest BCUT2D eigenvalue weighted by Gasteiger charge is -2.24. The molecule has 2 rings (SSSR count). The summed E-state index contributed by atoms with van der Waals surface area (Å²) in [7, 11) is 0. The van der Waals surface area contributed by atoms with Crippen LogP contribution in [0.4, 0.5) is 0 Å². The quantitative estimate of drug-likeness (QED) is 0.801. The number of nitrogens with zero attached hydrogens (tertiary/aromatic N) is 2. The minimum atomic E-state index is 0.722. The van der Waals surface area contributed by atoms with Gasteiger partial charge in [-0.15, -0.1) is 0 Å². The Balaban J connectivity index is 1.89. The van der Waals surface area contributed by atoms with Gasteiger partial charge in [0.25, 0.3) is 0 Å². The number of hydrogen-bond donors (Lipinski definition) is 0. The van der Waals surface area contributed by atoms with Crippen molar-refractivity contribution in [2.75, 3.05) is 13.1 Å². The maximum atomic E-state index is 5.35. The normalized spacial score (nSPS) is 19.2. The van der Waals surface area contributed by atoms with Crippen molar-refractivity contribution in [1.82, 2.24) is 9.88 Å². The summed E-state index contributed by atoms with van der Waals surface area (Å²) in [5.74, 6) is 0.814. The first-order valence-corrected chi connectivity index (χ1v) is 5.46. The number of piperidine rings is 1. The van der Waals surface area contributed by atoms with Gasteiger partial charge < -0.3 is 4.42 Å². The van der Waals surface area contributed by atoms with Crippen molar-refractivity contribution in [1.29, 1.82) is 0 Å². The maximum absolute atomic E-state index is 5.35. The van der Waals surface area contributed by atoms with Gasteiger partial charge in [0, 0.05) is 0 Å². The van der Waals surface area contributed by atoms with Crippen LogP contribution in [0.5, 0.6) is 0 Å². The summed E-state index contributed by atoms with van der Waals surface area (Å²) in [5.41, 5.74) is 0. The molecule has 0 radical (unpaired) electrons. The first-order chi connectivity index (χ1) is 6.34. The van der Waals surface area contributed by atoms with E-state index >= 15 is 0 Å². The van der Waals surface area contributed by atoms with Gasteiger partial charge in [-0.3, -0.25) is 4.90 Å². The fourth-order valence-electron chi connectivity index (χ4n) is 1.67. The van der Waals surface area contributed by atoms with Crippen LogP contribution in [-0.4, -0.2) is 23.0 Å². The largest absolute Gasteiger partial charge is 0.433 e. The van der Waals surface area contributed by atoms with Crippen LogP contribution in [-0.2, 0) is 6.54 Å². The second-order valence-electron chi connectivity index (χ2n) is 3.39. The van der Waals surface area contributed by atoms with E-state index < -0.39 is 0 Å². The van der Waals surface area contributed by atoms with E-state index in [1.165, 1.54) is 32.4 Å². The van der Waals surface area contributed by atoms with Gasteiger partial charge >= 0.3 is 0 Å². The molecule has 0 bridgehead atoms. The van der Waals surface area contributed by atoms with E-state index in [1.54, 1.807) is 6.20 Å². The summed E-state index contributed by atoms with van der Waals surface area (Å²) in [6, 6.07) is 0. The molecule has 1 aliphatic rings. The van der Waals surface area contributed by atoms with E-state index in [0.717, 1.165) is 17.1 Å². The third-order valence-corrected chi connectivity index (χ3v) is 2.70. The zero-order chi connectivity index (χ0) is 9.10. The standard InChI is InChI=1S/C9H13BrN2O/c10-8-6-11-9(13-8)7-12-4-2-1-3-5-12/h6H,1-5,7H2. The van der Waals surface area contributed by atoms with E-state index in [1.807, 2.05) is 0 Å². The summed E-state index contributed by atoms with van der Waals surface area (Å²) in [6.45, 7) is 3.21. The van der Waals surface area contributed by atoms with E-state index in [4.69, 9.17) is 4.42 Å². The highest BCUT2D eigenvalue weighted by atomic mass is 79.9. The molecule has 0 aliphatic carbocycles. The van der Waals surface area contributed by atoms with E-state index in [9.17, 15) is 0 Å². The second-order valence-corrected chi connectivity index (χ2v) is 4.18. The topological polar surface area (TPSA) is 29.3 Å². The van der Waals surface area contributed by atoms with Crippen molar-refractivity contribution in [2.24, 2.45) is 0 Å². The molecule has 0 aromatic carbocycles. The second kappa shape index (κ2) is 4.24. The van der Waals surface area contributed by atoms with Crippen molar-refractivity contribution in [3.05, 3.63) is 16.8 Å². The number of halogens is 1. The van der Waals surface area contributed by atoms with Crippen molar-refractivity contribution in [2.45, 2.75) is 25.8 Å². The van der Waals surface area contributed by atoms with Crippen LogP contribution in [0.15, 0.2) is 15.3 Å². The highest BCUT2D eigenvalue weighted by Gasteiger charge is 2.12. The number of aromatic nitrogens is 1. The molecule has 0 saturated carbocycles. The zero-order valence-electron chi connectivity index (χ0n) is 7.50. The van der Waals surface area contributed by atoms with Gasteiger partial charge in [0.1, 0.15) is 0 Å². The molecule has 2 heterocycles. The molecule has 1 aromatic rings. The van der Waals surface area contributed by atoms with Crippen molar-refractivity contribution in [3.63, 3.8) is 0 Å². The Kier molecular flexibility index (Phi) is 3.01. The van der Waals surface area contributed by atoms with Crippen molar-refractivity contribution < 1.29 is 4.42 Å². The third-order valence-electron chi connectivity index (χ3n) is 2.33. The fraction of sp³-hybridized carbons (Fsp3) is 0.667. The summed E-state index contributed by atoms with van der Waals surface area (Å²) in [4.78, 5) is 6.55. The van der Waals surface area contributed by atoms with Gasteiger partial charge in [-0.2, -0.15) is 0 Å². The number of hydrogen-bond acceptors (Lipinski definition) is 3. The monoisotopic (exact) mass is 244 g/mol. The lowest BCUT2D eigenvalue weighted by atomic mass is 10.1. The molecule has 72 valence electrons. The summed E-state index contributed by atoms with van der Waals surface area (Å²) < 4.78 is 6.07. The van der Waals surface area contributed by atoms with Crippen LogP contribution in [0.2, 0.25) is 0 Å². The number of likely N-dealkylation sites (tertiary alicyclic amines) is 1. The molecule has 0 N–H and O–H groups in total. The minimum Gasteiger partial charge on any atom is -0.433 e. The van der Waals surface area contributed by atoms with Gasteiger partial charge in [0.15, 0.2) is 4.67 Å². The Morgan fingerprint density at radius 2 is 2.15 bits per heavy atom. The average molecular weight is 245 g/mol. The minimum absolute atomic E-state index is 0.722. The van der Waals surface area contributed by atoms with Crippen LogP contribution in [0.3, 0.4) is 0 Å². The molecule has 1 saturated heterocycles. The molecule has 1 aliphatic heterocycles. The molecule has 3 nitrogen and oxygen atoms in total. The Hall–Kier alpha value is -0.350. The molecule has 0 unspecified atom stereocenters. The molecule has 1 aromatic heterocycles. The predicted molar refractivity (Wildman–Crippen MR) is 53.3 cm³/mol. The summed E-state index contributed by atoms with van der Waals surface area (Å²) >= 11 is 3.25. The van der Waals surface area contributed by atoms with Crippen LogP contribution in [0.1, 0.15) is 25.2 Å². The van der Waals surface area contributed by atoms with Crippen LogP contribution in [0.25, 0.3) is 0 Å². The number of oxazole rings is 1. The van der Waals surface area contributed by atoms with Gasteiger partial charge in [0.2, 0.25) is 5.89 Å². The average Bonchev–Trinajstić information content (AvgIpc) is 2.53. The Labute approximate surface area is 86.3 Å². The van der Waals surface area contributed by atoms with Gasteiger partial charge in [-0.1, -0.05) is 6.42 Å². The number of rotatable bonds is 2. The molecular weight excluding hydrogens is 232 g/mol. The molecular formula is C9H13BrN2O. The van der Waals surface area contributed by atoms with Crippen LogP contribution >= 0.6 is 15.9 Å². The van der Waals surface area contributed by atoms with Gasteiger partial charge in [0.05, 0.1) is 12.7 Å². The van der Waals surface area contributed by atoms with E-state index in [2.05, 4.69) is 25.8 Å². The molecule has 4 heteroatoms. The molecule has 0 amide bonds. The Bertz CT molecular complexity index is 268. The third kappa shape index (κ3) is 2.54. The fourth-order valence-corrected chi connectivity index (χ4v) is 1.96. The lowest BCUT2D eigenvalue weighted by Crippen LogP contribution is -2.29. The molecule has 0 spiro atoms. The van der Waals surface area contributed by atoms with Gasteiger partial charge in [-0.25, -0.2) is 4.98 Å². The van der Waals surface area contributed by atoms with Crippen LogP contribution in [0, 0.1) is 0 Å². The zero-order valence-corrected chi connectivity index (χ0v) is 9.09. The SMILES string of the molecule is Brc1cnc(CN2CCCCC2)o1. The molecule has 0 atom stereocenters. The van der Waals surface area contributed by atoms with Gasteiger partial charge in [-0.05, 0) is 41.9 Å². The van der Waals surface area contributed by atoms with Crippen molar-refractivity contribution >= 4 is 15.9 Å². The predicted octanol–water partition coefficient (Wildman–Crippen LogP) is 2.42. The smallest absolute Gasteiger partial charge is 0.209 e. The summed E-state index contributed by atoms with van der Waals surface area (Å²) in [5, 5.41) is 0. The maximum Gasteiger partial charge on any atom is 0.209 e. The highest BCUT2D eigenvalue weighted by molar-refractivity contribution is 9.10. The molecule has 13 heavy (non-hydrogen) atoms.